The van der Waals surface area contributed by atoms with Crippen molar-refractivity contribution in [3.8, 4) is 0 Å². The molecule has 1 aliphatic rings. The van der Waals surface area contributed by atoms with Crippen LogP contribution in [0.25, 0.3) is 0 Å². The number of carbonyl (C=O) groups is 1. The quantitative estimate of drug-likeness (QED) is 0.571. The highest BCUT2D eigenvalue weighted by Crippen LogP contribution is 2.16. The summed E-state index contributed by atoms with van der Waals surface area (Å²) >= 11 is 0. The van der Waals surface area contributed by atoms with Gasteiger partial charge in [0.2, 0.25) is 0 Å². The van der Waals surface area contributed by atoms with Gasteiger partial charge < -0.3 is 4.74 Å². The molecule has 1 amide bonds. The summed E-state index contributed by atoms with van der Waals surface area (Å²) in [6.07, 6.45) is 4.01. The molecule has 1 rings (SSSR count). The number of amides is 1. The Labute approximate surface area is 108 Å². The lowest BCUT2D eigenvalue weighted by Gasteiger charge is -2.28. The molecule has 0 aromatic rings. The number of carbonyl (C=O) groups excluding carboxylic acids is 1. The minimum Gasteiger partial charge on any atom is -0.444 e. The van der Waals surface area contributed by atoms with Crippen LogP contribution in [0.4, 0.5) is 4.79 Å². The lowest BCUT2D eigenvalue weighted by molar-refractivity contribution is 0.0209. The molecule has 0 bridgehead atoms. The van der Waals surface area contributed by atoms with Crippen LogP contribution in [0.5, 0.6) is 0 Å². The Kier molecular flexibility index (Phi) is 4.39. The van der Waals surface area contributed by atoms with Gasteiger partial charge in [-0.05, 0) is 20.8 Å². The maximum atomic E-state index is 11.9. The molecule has 1 unspecified atom stereocenters. The molecule has 18 heavy (non-hydrogen) atoms. The first-order valence-electron chi connectivity index (χ1n) is 5.59. The van der Waals surface area contributed by atoms with Gasteiger partial charge in [-0.15, -0.1) is 0 Å². The highest BCUT2D eigenvalue weighted by atomic mass is 32.2. The van der Waals surface area contributed by atoms with Crippen molar-refractivity contribution >= 4 is 16.2 Å². The molecule has 0 spiro atoms. The Balaban J connectivity index is 2.59. The molecule has 0 fully saturated rings. The molecule has 104 valence electrons. The fourth-order valence-electron chi connectivity index (χ4n) is 1.44. The van der Waals surface area contributed by atoms with E-state index in [2.05, 4.69) is 0 Å². The van der Waals surface area contributed by atoms with Gasteiger partial charge in [0.15, 0.2) is 0 Å². The number of hydrogen-bond acceptors (Lipinski definition) is 5. The van der Waals surface area contributed by atoms with Gasteiger partial charge >= 0.3 is 6.09 Å². The number of ether oxygens (including phenoxy) is 1. The van der Waals surface area contributed by atoms with Crippen molar-refractivity contribution in [1.82, 2.24) is 4.90 Å². The van der Waals surface area contributed by atoms with Gasteiger partial charge in [-0.2, -0.15) is 8.42 Å². The molecule has 0 N–H and O–H groups in total. The number of rotatable bonds is 3. The molecule has 7 heteroatoms. The van der Waals surface area contributed by atoms with E-state index in [9.17, 15) is 13.2 Å². The van der Waals surface area contributed by atoms with Crippen LogP contribution in [0.2, 0.25) is 0 Å². The molecule has 0 aromatic carbocycles. The van der Waals surface area contributed by atoms with E-state index in [1.54, 1.807) is 32.9 Å². The fraction of sp³-hybridized carbons (Fsp3) is 0.727. The third-order valence-electron chi connectivity index (χ3n) is 2.14. The second kappa shape index (κ2) is 5.27. The second-order valence-corrected chi connectivity index (χ2v) is 6.76. The average molecular weight is 277 g/mol. The van der Waals surface area contributed by atoms with E-state index in [1.807, 2.05) is 0 Å². The first kappa shape index (κ1) is 15.0. The Hall–Kier alpha value is -1.08. The smallest absolute Gasteiger partial charge is 0.411 e. The van der Waals surface area contributed by atoms with Crippen LogP contribution in [-0.4, -0.2) is 50.5 Å². The van der Waals surface area contributed by atoms with Crippen LogP contribution in [-0.2, 0) is 19.0 Å². The van der Waals surface area contributed by atoms with Crippen molar-refractivity contribution in [3.63, 3.8) is 0 Å². The Morgan fingerprint density at radius 1 is 1.44 bits per heavy atom. The number of hydrogen-bond donors (Lipinski definition) is 0. The monoisotopic (exact) mass is 277 g/mol. The molecular formula is C11H19NO5S. The average Bonchev–Trinajstić information content (AvgIpc) is 2.58. The van der Waals surface area contributed by atoms with Crippen LogP contribution < -0.4 is 0 Å². The zero-order chi connectivity index (χ0) is 14.0. The van der Waals surface area contributed by atoms with Crippen molar-refractivity contribution in [2.45, 2.75) is 32.4 Å². The minimum atomic E-state index is -3.51. The van der Waals surface area contributed by atoms with Crippen LogP contribution >= 0.6 is 0 Å². The minimum absolute atomic E-state index is 0.0887. The zero-order valence-electron chi connectivity index (χ0n) is 11.0. The number of nitrogens with zero attached hydrogens (tertiary/aromatic N) is 1. The summed E-state index contributed by atoms with van der Waals surface area (Å²) in [6.45, 7) is 5.63. The predicted molar refractivity (Wildman–Crippen MR) is 66.7 cm³/mol. The second-order valence-electron chi connectivity index (χ2n) is 5.12. The summed E-state index contributed by atoms with van der Waals surface area (Å²) in [5.74, 6) is 0. The molecular weight excluding hydrogens is 258 g/mol. The fourth-order valence-corrected chi connectivity index (χ4v) is 1.83. The summed E-state index contributed by atoms with van der Waals surface area (Å²) in [5.41, 5.74) is -0.581. The molecule has 0 saturated heterocycles. The summed E-state index contributed by atoms with van der Waals surface area (Å²) in [7, 11) is -3.51. The molecule has 0 aliphatic carbocycles. The Morgan fingerprint density at radius 3 is 2.56 bits per heavy atom. The first-order chi connectivity index (χ1) is 8.08. The maximum absolute atomic E-state index is 11.9. The Bertz CT molecular complexity index is 435. The molecule has 1 heterocycles. The van der Waals surface area contributed by atoms with Crippen LogP contribution in [0, 0.1) is 0 Å². The van der Waals surface area contributed by atoms with E-state index in [0.717, 1.165) is 6.26 Å². The topological polar surface area (TPSA) is 72.9 Å². The van der Waals surface area contributed by atoms with Crippen molar-refractivity contribution in [3.05, 3.63) is 12.2 Å². The molecule has 1 atom stereocenters. The van der Waals surface area contributed by atoms with E-state index in [1.165, 1.54) is 4.90 Å². The molecule has 0 radical (unpaired) electrons. The van der Waals surface area contributed by atoms with Crippen LogP contribution in [0.1, 0.15) is 20.8 Å². The normalized spacial score (nSPS) is 20.2. The molecule has 0 aromatic heterocycles. The van der Waals surface area contributed by atoms with Gasteiger partial charge in [0.25, 0.3) is 10.1 Å². The van der Waals surface area contributed by atoms with Crippen molar-refractivity contribution in [2.75, 3.05) is 19.4 Å². The van der Waals surface area contributed by atoms with Gasteiger partial charge in [0, 0.05) is 6.54 Å². The lowest BCUT2D eigenvalue weighted by atomic mass is 10.2. The zero-order valence-corrected chi connectivity index (χ0v) is 11.9. The molecule has 0 saturated carbocycles. The summed E-state index contributed by atoms with van der Waals surface area (Å²) in [5, 5.41) is 0. The van der Waals surface area contributed by atoms with Gasteiger partial charge in [-0.1, -0.05) is 12.2 Å². The molecule has 6 nitrogen and oxygen atoms in total. The van der Waals surface area contributed by atoms with E-state index in [4.69, 9.17) is 8.92 Å². The van der Waals surface area contributed by atoms with Gasteiger partial charge in [0.1, 0.15) is 5.60 Å². The highest BCUT2D eigenvalue weighted by molar-refractivity contribution is 7.85. The largest absolute Gasteiger partial charge is 0.444 e. The van der Waals surface area contributed by atoms with E-state index in [0.29, 0.717) is 6.54 Å². The summed E-state index contributed by atoms with van der Waals surface area (Å²) in [4.78, 5) is 13.3. The first-order valence-corrected chi connectivity index (χ1v) is 7.41. The Morgan fingerprint density at radius 2 is 2.06 bits per heavy atom. The maximum Gasteiger partial charge on any atom is 0.411 e. The third kappa shape index (κ3) is 5.05. The highest BCUT2D eigenvalue weighted by Gasteiger charge is 2.29. The van der Waals surface area contributed by atoms with Crippen LogP contribution in [0.15, 0.2) is 12.2 Å². The van der Waals surface area contributed by atoms with Gasteiger partial charge in [0.05, 0.1) is 18.9 Å². The van der Waals surface area contributed by atoms with E-state index >= 15 is 0 Å². The van der Waals surface area contributed by atoms with E-state index < -0.39 is 27.9 Å². The predicted octanol–water partition coefficient (Wildman–Crippen LogP) is 1.14. The third-order valence-corrected chi connectivity index (χ3v) is 2.71. The van der Waals surface area contributed by atoms with Gasteiger partial charge in [-0.25, -0.2) is 4.79 Å². The van der Waals surface area contributed by atoms with E-state index in [-0.39, 0.29) is 6.61 Å². The summed E-state index contributed by atoms with van der Waals surface area (Å²) in [6, 6.07) is -0.408. The van der Waals surface area contributed by atoms with Gasteiger partial charge in [-0.3, -0.25) is 9.08 Å². The van der Waals surface area contributed by atoms with Crippen molar-refractivity contribution < 1.29 is 22.1 Å². The molecule has 1 aliphatic heterocycles. The SMILES string of the molecule is CC(C)(C)OC(=O)N1CC=CC1COS(C)(=O)=O. The van der Waals surface area contributed by atoms with Crippen molar-refractivity contribution in [2.24, 2.45) is 0 Å². The standard InChI is InChI=1S/C11H19NO5S/c1-11(2,3)17-10(13)12-7-5-6-9(12)8-16-18(4,14)15/h5-6,9H,7-8H2,1-4H3. The van der Waals surface area contributed by atoms with Crippen molar-refractivity contribution in [1.29, 1.82) is 0 Å². The lowest BCUT2D eigenvalue weighted by Crippen LogP contribution is -2.42. The van der Waals surface area contributed by atoms with Crippen LogP contribution in [0.3, 0.4) is 0 Å². The summed E-state index contributed by atoms with van der Waals surface area (Å²) < 4.78 is 31.7.